The Labute approximate surface area is 127 Å². The molecular formula is C17H25NO3. The van der Waals surface area contributed by atoms with Crippen LogP contribution in [0.1, 0.15) is 39.7 Å². The Morgan fingerprint density at radius 3 is 2.57 bits per heavy atom. The van der Waals surface area contributed by atoms with Crippen LogP contribution in [0.3, 0.4) is 0 Å². The molecule has 1 aliphatic rings. The number of ether oxygens (including phenoxy) is 2. The van der Waals surface area contributed by atoms with E-state index in [2.05, 4.69) is 0 Å². The lowest BCUT2D eigenvalue weighted by Gasteiger charge is -2.26. The van der Waals surface area contributed by atoms with E-state index < -0.39 is 5.60 Å². The molecule has 4 heteroatoms. The molecule has 1 heterocycles. The Morgan fingerprint density at radius 1 is 1.29 bits per heavy atom. The van der Waals surface area contributed by atoms with Crippen LogP contribution in [0.5, 0.6) is 0 Å². The minimum absolute atomic E-state index is 0.0766. The highest BCUT2D eigenvalue weighted by molar-refractivity contribution is 5.69. The molecule has 4 nitrogen and oxygen atoms in total. The maximum absolute atomic E-state index is 12.1. The molecule has 0 radical (unpaired) electrons. The molecule has 21 heavy (non-hydrogen) atoms. The van der Waals surface area contributed by atoms with Gasteiger partial charge in [0.1, 0.15) is 5.60 Å². The van der Waals surface area contributed by atoms with Crippen molar-refractivity contribution in [3.63, 3.8) is 0 Å². The molecule has 116 valence electrons. The average molecular weight is 291 g/mol. The van der Waals surface area contributed by atoms with E-state index in [1.807, 2.05) is 58.0 Å². The monoisotopic (exact) mass is 291 g/mol. The molecule has 1 aromatic rings. The maximum Gasteiger partial charge on any atom is 0.410 e. The summed E-state index contributed by atoms with van der Waals surface area (Å²) in [5.41, 5.74) is 0.695. The smallest absolute Gasteiger partial charge is 0.410 e. The third-order valence-electron chi connectivity index (χ3n) is 3.49. The first-order chi connectivity index (χ1) is 9.85. The van der Waals surface area contributed by atoms with E-state index in [9.17, 15) is 4.79 Å². The number of amides is 1. The van der Waals surface area contributed by atoms with Gasteiger partial charge in [-0.05, 0) is 39.7 Å². The van der Waals surface area contributed by atoms with Gasteiger partial charge in [0.25, 0.3) is 0 Å². The van der Waals surface area contributed by atoms with Crippen molar-refractivity contribution >= 4 is 6.09 Å². The summed E-state index contributed by atoms with van der Waals surface area (Å²) < 4.78 is 11.4. The first-order valence-electron chi connectivity index (χ1n) is 7.50. The van der Waals surface area contributed by atoms with E-state index in [0.29, 0.717) is 13.2 Å². The fraction of sp³-hybridized carbons (Fsp3) is 0.588. The van der Waals surface area contributed by atoms with Crippen LogP contribution in [0.4, 0.5) is 4.79 Å². The van der Waals surface area contributed by atoms with Crippen LogP contribution in [-0.4, -0.2) is 35.3 Å². The highest BCUT2D eigenvalue weighted by Gasteiger charge is 2.35. The molecule has 1 saturated heterocycles. The topological polar surface area (TPSA) is 38.8 Å². The summed E-state index contributed by atoms with van der Waals surface area (Å²) in [4.78, 5) is 13.9. The quantitative estimate of drug-likeness (QED) is 0.854. The number of hydrogen-bond acceptors (Lipinski definition) is 3. The van der Waals surface area contributed by atoms with Gasteiger partial charge < -0.3 is 14.4 Å². The largest absolute Gasteiger partial charge is 0.444 e. The van der Waals surface area contributed by atoms with Gasteiger partial charge in [0, 0.05) is 6.04 Å². The Balaban J connectivity index is 1.85. The second kappa shape index (κ2) is 6.48. The lowest BCUT2D eigenvalue weighted by molar-refractivity contribution is 0.0156. The third-order valence-corrected chi connectivity index (χ3v) is 3.49. The van der Waals surface area contributed by atoms with Gasteiger partial charge in [-0.3, -0.25) is 0 Å². The van der Waals surface area contributed by atoms with Gasteiger partial charge in [0.05, 0.1) is 19.3 Å². The molecule has 2 rings (SSSR count). The van der Waals surface area contributed by atoms with Crippen molar-refractivity contribution in [2.24, 2.45) is 0 Å². The van der Waals surface area contributed by atoms with Crippen molar-refractivity contribution in [1.29, 1.82) is 0 Å². The van der Waals surface area contributed by atoms with E-state index in [-0.39, 0.29) is 18.2 Å². The molecule has 1 aromatic carbocycles. The highest BCUT2D eigenvalue weighted by Crippen LogP contribution is 2.23. The van der Waals surface area contributed by atoms with Crippen molar-refractivity contribution in [2.45, 2.75) is 58.5 Å². The second-order valence-corrected chi connectivity index (χ2v) is 6.64. The van der Waals surface area contributed by atoms with Gasteiger partial charge in [0.15, 0.2) is 0 Å². The average Bonchev–Trinajstić information content (AvgIpc) is 2.77. The van der Waals surface area contributed by atoms with Crippen LogP contribution >= 0.6 is 0 Å². The molecule has 1 amide bonds. The summed E-state index contributed by atoms with van der Waals surface area (Å²) >= 11 is 0. The molecule has 1 unspecified atom stereocenters. The zero-order valence-electron chi connectivity index (χ0n) is 13.3. The fourth-order valence-corrected chi connectivity index (χ4v) is 2.47. The molecule has 2 atom stereocenters. The van der Waals surface area contributed by atoms with Gasteiger partial charge in [-0.1, -0.05) is 30.3 Å². The number of rotatable bonds is 3. The molecule has 0 bridgehead atoms. The Bertz CT molecular complexity index is 467. The number of hydrogen-bond donors (Lipinski definition) is 0. The van der Waals surface area contributed by atoms with Gasteiger partial charge in [-0.2, -0.15) is 0 Å². The predicted octanol–water partition coefficient (Wildman–Crippen LogP) is 3.60. The number of likely N-dealkylation sites (tertiary alicyclic amines) is 1. The highest BCUT2D eigenvalue weighted by atomic mass is 16.6. The zero-order chi connectivity index (χ0) is 15.5. The summed E-state index contributed by atoms with van der Waals surface area (Å²) in [6.07, 6.45) is 0.681. The summed E-state index contributed by atoms with van der Waals surface area (Å²) in [5, 5.41) is 0. The van der Waals surface area contributed by atoms with Gasteiger partial charge in [-0.15, -0.1) is 0 Å². The van der Waals surface area contributed by atoms with Crippen molar-refractivity contribution in [3.8, 4) is 0 Å². The van der Waals surface area contributed by atoms with Crippen LogP contribution in [0.2, 0.25) is 0 Å². The maximum atomic E-state index is 12.1. The summed E-state index contributed by atoms with van der Waals surface area (Å²) in [6.45, 7) is 8.87. The van der Waals surface area contributed by atoms with Crippen molar-refractivity contribution in [1.82, 2.24) is 4.90 Å². The van der Waals surface area contributed by atoms with Crippen molar-refractivity contribution in [2.75, 3.05) is 6.54 Å². The summed E-state index contributed by atoms with van der Waals surface area (Å²) in [5.74, 6) is 0. The normalized spacial score (nSPS) is 22.4. The SMILES string of the molecule is CC1C[C@@H](OCc2ccccc2)CN1C(=O)OC(C)(C)C. The molecule has 0 spiro atoms. The van der Waals surface area contributed by atoms with Crippen LogP contribution in [0.25, 0.3) is 0 Å². The summed E-state index contributed by atoms with van der Waals surface area (Å²) in [6, 6.07) is 10.2. The van der Waals surface area contributed by atoms with Crippen LogP contribution in [0.15, 0.2) is 30.3 Å². The third kappa shape index (κ3) is 4.74. The van der Waals surface area contributed by atoms with E-state index in [0.717, 1.165) is 12.0 Å². The van der Waals surface area contributed by atoms with Crippen LogP contribution < -0.4 is 0 Å². The lowest BCUT2D eigenvalue weighted by Crippen LogP contribution is -2.39. The lowest BCUT2D eigenvalue weighted by atomic mass is 10.2. The van der Waals surface area contributed by atoms with E-state index in [1.54, 1.807) is 4.90 Å². The number of carbonyl (C=O) groups is 1. The van der Waals surface area contributed by atoms with Crippen LogP contribution in [-0.2, 0) is 16.1 Å². The molecule has 1 fully saturated rings. The standard InChI is InChI=1S/C17H25NO3/c1-13-10-15(20-12-14-8-6-5-7-9-14)11-18(13)16(19)21-17(2,3)4/h5-9,13,15H,10-12H2,1-4H3/t13?,15-/m1/s1. The van der Waals surface area contributed by atoms with E-state index >= 15 is 0 Å². The Kier molecular flexibility index (Phi) is 4.88. The van der Waals surface area contributed by atoms with Crippen molar-refractivity contribution < 1.29 is 14.3 Å². The minimum Gasteiger partial charge on any atom is -0.444 e. The molecule has 0 aromatic heterocycles. The molecule has 0 N–H and O–H groups in total. The molecule has 1 aliphatic heterocycles. The first kappa shape index (κ1) is 15.8. The van der Waals surface area contributed by atoms with Gasteiger partial charge in [0.2, 0.25) is 0 Å². The molecule has 0 aliphatic carbocycles. The molecule has 0 saturated carbocycles. The zero-order valence-corrected chi connectivity index (χ0v) is 13.3. The number of benzene rings is 1. The van der Waals surface area contributed by atoms with Crippen molar-refractivity contribution in [3.05, 3.63) is 35.9 Å². The Morgan fingerprint density at radius 2 is 1.95 bits per heavy atom. The Hall–Kier alpha value is -1.55. The second-order valence-electron chi connectivity index (χ2n) is 6.64. The minimum atomic E-state index is -0.459. The van der Waals surface area contributed by atoms with E-state index in [1.165, 1.54) is 0 Å². The summed E-state index contributed by atoms with van der Waals surface area (Å²) in [7, 11) is 0. The predicted molar refractivity (Wildman–Crippen MR) is 82.0 cm³/mol. The fourth-order valence-electron chi connectivity index (χ4n) is 2.47. The van der Waals surface area contributed by atoms with Crippen LogP contribution in [0, 0.1) is 0 Å². The number of carbonyl (C=O) groups excluding carboxylic acids is 1. The molecular weight excluding hydrogens is 266 g/mol. The van der Waals surface area contributed by atoms with Gasteiger partial charge in [-0.25, -0.2) is 4.79 Å². The van der Waals surface area contributed by atoms with E-state index in [4.69, 9.17) is 9.47 Å². The first-order valence-corrected chi connectivity index (χ1v) is 7.50. The van der Waals surface area contributed by atoms with Gasteiger partial charge >= 0.3 is 6.09 Å². The number of nitrogens with zero attached hydrogens (tertiary/aromatic N) is 1.